The molecule has 0 unspecified atom stereocenters. The minimum atomic E-state index is -1.23. The molecule has 0 saturated heterocycles. The summed E-state index contributed by atoms with van der Waals surface area (Å²) in [6.45, 7) is 15.2. The van der Waals surface area contributed by atoms with E-state index in [1.807, 2.05) is 34.6 Å². The molecule has 0 radical (unpaired) electrons. The Kier molecular flexibility index (Phi) is 10.0. The second-order valence-corrected chi connectivity index (χ2v) is 3.82. The normalized spacial score (nSPS) is 12.7. The summed E-state index contributed by atoms with van der Waals surface area (Å²) in [6.07, 6.45) is 2.07. The highest BCUT2D eigenvalue weighted by atomic mass is 17.2. The topological polar surface area (TPSA) is 46.2 Å². The van der Waals surface area contributed by atoms with Crippen molar-refractivity contribution in [1.29, 1.82) is 0 Å². The van der Waals surface area contributed by atoms with Crippen LogP contribution < -0.4 is 0 Å². The van der Waals surface area contributed by atoms with Crippen molar-refractivity contribution < 1.29 is 29.0 Å². The molecule has 0 aromatic carbocycles. The van der Waals surface area contributed by atoms with E-state index >= 15 is 0 Å². The Morgan fingerprint density at radius 1 is 0.800 bits per heavy atom. The van der Waals surface area contributed by atoms with E-state index in [1.54, 1.807) is 6.08 Å². The average Bonchev–Trinajstić information content (AvgIpc) is 2.40. The van der Waals surface area contributed by atoms with E-state index < -0.39 is 10.9 Å². The average molecular weight is 292 g/mol. The first kappa shape index (κ1) is 19.5. The fourth-order valence-electron chi connectivity index (χ4n) is 1.98. The molecule has 120 valence electrons. The molecule has 0 aliphatic carbocycles. The summed E-state index contributed by atoms with van der Waals surface area (Å²) < 4.78 is 11.7. The van der Waals surface area contributed by atoms with Crippen LogP contribution >= 0.6 is 0 Å². The van der Waals surface area contributed by atoms with E-state index in [1.165, 1.54) is 0 Å². The number of hydrogen-bond donors (Lipinski definition) is 0. The summed E-state index contributed by atoms with van der Waals surface area (Å²) in [4.78, 5) is 16.6. The van der Waals surface area contributed by atoms with Crippen molar-refractivity contribution in [3.8, 4) is 0 Å². The summed E-state index contributed by atoms with van der Waals surface area (Å²) in [5, 5.41) is 0. The van der Waals surface area contributed by atoms with E-state index in [0.717, 1.165) is 0 Å². The van der Waals surface area contributed by atoms with Crippen LogP contribution in [0.1, 0.15) is 41.0 Å². The Morgan fingerprint density at radius 3 is 1.45 bits per heavy atom. The number of hydrogen-bond acceptors (Lipinski definition) is 5. The van der Waals surface area contributed by atoms with Gasteiger partial charge in [0, 0.05) is 0 Å². The van der Waals surface area contributed by atoms with Gasteiger partial charge in [0.1, 0.15) is 19.8 Å². The quantitative estimate of drug-likeness (QED) is 0.226. The number of ether oxygens (including phenoxy) is 2. The highest BCUT2D eigenvalue weighted by Gasteiger charge is 2.61. The zero-order valence-corrected chi connectivity index (χ0v) is 13.5. The standard InChI is InChI=1S/C14H30NO5/c1-7-13-14(16-8-2,17-9-3)15(18-10-4,19-11-5)20-12-6/h7H,1,8-13H2,2-6H3/q+1. The van der Waals surface area contributed by atoms with Crippen molar-refractivity contribution in [2.24, 2.45) is 0 Å². The van der Waals surface area contributed by atoms with Gasteiger partial charge in [-0.05, 0) is 34.6 Å². The first-order valence-corrected chi connectivity index (χ1v) is 7.33. The van der Waals surface area contributed by atoms with E-state index in [4.69, 9.17) is 24.0 Å². The lowest BCUT2D eigenvalue weighted by atomic mass is 10.3. The third-order valence-electron chi connectivity index (χ3n) is 2.46. The third kappa shape index (κ3) is 4.51. The van der Waals surface area contributed by atoms with Gasteiger partial charge < -0.3 is 0 Å². The van der Waals surface area contributed by atoms with Gasteiger partial charge in [0.2, 0.25) is 0 Å². The molecule has 0 amide bonds. The fraction of sp³-hybridized carbons (Fsp3) is 0.857. The predicted octanol–water partition coefficient (Wildman–Crippen LogP) is 2.96. The van der Waals surface area contributed by atoms with Gasteiger partial charge in [-0.1, -0.05) is 6.08 Å². The Morgan fingerprint density at radius 2 is 1.20 bits per heavy atom. The van der Waals surface area contributed by atoms with Gasteiger partial charge in [-0.3, -0.25) is 9.47 Å². The van der Waals surface area contributed by atoms with Gasteiger partial charge in [0.15, 0.2) is 4.97 Å². The number of quaternary nitrogens is 1. The summed E-state index contributed by atoms with van der Waals surface area (Å²) in [5.74, 6) is -1.23. The second-order valence-electron chi connectivity index (χ2n) is 3.82. The lowest BCUT2D eigenvalue weighted by Gasteiger charge is -2.41. The van der Waals surface area contributed by atoms with E-state index in [0.29, 0.717) is 39.5 Å². The lowest BCUT2D eigenvalue weighted by molar-refractivity contribution is -1.41. The Hall–Kier alpha value is -0.500. The molecule has 0 aromatic heterocycles. The molecular weight excluding hydrogens is 262 g/mol. The smallest absolute Gasteiger partial charge is 0.296 e. The first-order chi connectivity index (χ1) is 9.61. The van der Waals surface area contributed by atoms with Crippen LogP contribution in [-0.2, 0) is 24.0 Å². The van der Waals surface area contributed by atoms with Crippen molar-refractivity contribution >= 4 is 0 Å². The van der Waals surface area contributed by atoms with Crippen LogP contribution in [0.2, 0.25) is 0 Å². The van der Waals surface area contributed by atoms with Crippen LogP contribution in [0.25, 0.3) is 0 Å². The van der Waals surface area contributed by atoms with Gasteiger partial charge in [-0.25, -0.2) is 0 Å². The fourth-order valence-corrected chi connectivity index (χ4v) is 1.98. The van der Waals surface area contributed by atoms with E-state index in [2.05, 4.69) is 6.58 Å². The SMILES string of the molecule is C=CCC(OCC)(OCC)[N+](OCC)(OCC)OCC. The second kappa shape index (κ2) is 10.3. The van der Waals surface area contributed by atoms with E-state index in [-0.39, 0.29) is 0 Å². The van der Waals surface area contributed by atoms with Crippen LogP contribution in [0, 0.1) is 0 Å². The van der Waals surface area contributed by atoms with Gasteiger partial charge in [-0.15, -0.1) is 21.1 Å². The van der Waals surface area contributed by atoms with Crippen LogP contribution in [-0.4, -0.2) is 43.9 Å². The largest absolute Gasteiger partial charge is 0.419 e. The summed E-state index contributed by atoms with van der Waals surface area (Å²) in [6, 6.07) is 0. The molecule has 0 bridgehead atoms. The Labute approximate surface area is 122 Å². The maximum atomic E-state index is 5.84. The molecule has 0 atom stereocenters. The number of rotatable bonds is 13. The van der Waals surface area contributed by atoms with Crippen LogP contribution in [0.4, 0.5) is 0 Å². The van der Waals surface area contributed by atoms with Crippen LogP contribution in [0.3, 0.4) is 0 Å². The molecule has 0 aliphatic heterocycles. The molecule has 0 rings (SSSR count). The summed E-state index contributed by atoms with van der Waals surface area (Å²) >= 11 is 0. The zero-order chi connectivity index (χ0) is 15.5. The van der Waals surface area contributed by atoms with Crippen molar-refractivity contribution in [3.05, 3.63) is 12.7 Å². The van der Waals surface area contributed by atoms with Crippen molar-refractivity contribution in [2.45, 2.75) is 47.0 Å². The van der Waals surface area contributed by atoms with Crippen molar-refractivity contribution in [1.82, 2.24) is 0 Å². The minimum Gasteiger partial charge on any atom is -0.296 e. The van der Waals surface area contributed by atoms with Gasteiger partial charge in [-0.2, -0.15) is 0 Å². The minimum absolute atomic E-state index is 0.370. The molecule has 0 heterocycles. The third-order valence-corrected chi connectivity index (χ3v) is 2.46. The molecule has 6 heteroatoms. The monoisotopic (exact) mass is 292 g/mol. The molecule has 0 aromatic rings. The maximum absolute atomic E-state index is 5.84. The molecule has 0 N–H and O–H groups in total. The van der Waals surface area contributed by atoms with Crippen LogP contribution in [0.15, 0.2) is 12.7 Å². The highest BCUT2D eigenvalue weighted by Crippen LogP contribution is 2.34. The molecular formula is C14H30NO5+. The van der Waals surface area contributed by atoms with Crippen LogP contribution in [0.5, 0.6) is 0 Å². The highest BCUT2D eigenvalue weighted by molar-refractivity contribution is 4.73. The Bertz CT molecular complexity index is 237. The number of hydroxylamine groups is 3. The van der Waals surface area contributed by atoms with Crippen molar-refractivity contribution in [2.75, 3.05) is 33.0 Å². The molecule has 0 aliphatic rings. The predicted molar refractivity (Wildman–Crippen MR) is 75.9 cm³/mol. The lowest BCUT2D eigenvalue weighted by Crippen LogP contribution is -2.66. The molecule has 0 spiro atoms. The molecule has 20 heavy (non-hydrogen) atoms. The van der Waals surface area contributed by atoms with Crippen molar-refractivity contribution in [3.63, 3.8) is 0 Å². The molecule has 0 saturated carbocycles. The summed E-state index contributed by atoms with van der Waals surface area (Å²) in [7, 11) is 0. The maximum Gasteiger partial charge on any atom is 0.419 e. The zero-order valence-electron chi connectivity index (χ0n) is 13.5. The molecule has 0 fully saturated rings. The first-order valence-electron chi connectivity index (χ1n) is 7.33. The van der Waals surface area contributed by atoms with Gasteiger partial charge >= 0.3 is 5.91 Å². The Balaban J connectivity index is 5.68. The number of nitrogens with zero attached hydrogens (tertiary/aromatic N) is 1. The van der Waals surface area contributed by atoms with Gasteiger partial charge in [0.05, 0.1) is 19.6 Å². The summed E-state index contributed by atoms with van der Waals surface area (Å²) in [5.41, 5.74) is 0. The molecule has 6 nitrogen and oxygen atoms in total. The van der Waals surface area contributed by atoms with Gasteiger partial charge in [0.25, 0.3) is 0 Å². The van der Waals surface area contributed by atoms with E-state index in [9.17, 15) is 0 Å².